The number of esters is 1. The van der Waals surface area contributed by atoms with Crippen LogP contribution in [0.5, 0.6) is 0 Å². The van der Waals surface area contributed by atoms with Crippen molar-refractivity contribution in [3.05, 3.63) is 58.6 Å². The normalized spacial score (nSPS) is 13.8. The second-order valence-electron chi connectivity index (χ2n) is 6.24. The van der Waals surface area contributed by atoms with Gasteiger partial charge in [0, 0.05) is 10.0 Å². The SMILES string of the molecule is CCC(C)C(=O)OC(C)c1ccc2c(ccc3ccccc32)c1Br. The molecular formula is C21H21BrO2. The fourth-order valence-electron chi connectivity index (χ4n) is 2.90. The van der Waals surface area contributed by atoms with Crippen LogP contribution in [0.2, 0.25) is 0 Å². The second kappa shape index (κ2) is 6.94. The van der Waals surface area contributed by atoms with Crippen molar-refractivity contribution in [2.24, 2.45) is 5.92 Å². The highest BCUT2D eigenvalue weighted by molar-refractivity contribution is 9.10. The van der Waals surface area contributed by atoms with Crippen molar-refractivity contribution >= 4 is 43.4 Å². The molecule has 0 aliphatic heterocycles. The van der Waals surface area contributed by atoms with Gasteiger partial charge in [-0.2, -0.15) is 0 Å². The number of carbonyl (C=O) groups is 1. The Balaban J connectivity index is 2.03. The number of hydrogen-bond donors (Lipinski definition) is 0. The highest BCUT2D eigenvalue weighted by Gasteiger charge is 2.19. The van der Waals surface area contributed by atoms with Crippen LogP contribution >= 0.6 is 15.9 Å². The summed E-state index contributed by atoms with van der Waals surface area (Å²) in [6.45, 7) is 5.82. The molecule has 2 unspecified atom stereocenters. The summed E-state index contributed by atoms with van der Waals surface area (Å²) in [7, 11) is 0. The molecule has 0 aliphatic rings. The predicted molar refractivity (Wildman–Crippen MR) is 103 cm³/mol. The third kappa shape index (κ3) is 3.05. The number of benzene rings is 3. The number of ether oxygens (including phenoxy) is 1. The first kappa shape index (κ1) is 17.0. The van der Waals surface area contributed by atoms with Gasteiger partial charge in [0.2, 0.25) is 0 Å². The molecule has 0 radical (unpaired) electrons. The van der Waals surface area contributed by atoms with Crippen molar-refractivity contribution in [3.63, 3.8) is 0 Å². The maximum absolute atomic E-state index is 12.1. The molecule has 0 N–H and O–H groups in total. The zero-order valence-electron chi connectivity index (χ0n) is 14.2. The number of hydrogen-bond acceptors (Lipinski definition) is 2. The van der Waals surface area contributed by atoms with Crippen LogP contribution in [0.25, 0.3) is 21.5 Å². The van der Waals surface area contributed by atoms with Crippen LogP contribution in [0.4, 0.5) is 0 Å². The van der Waals surface area contributed by atoms with Crippen LogP contribution in [-0.4, -0.2) is 5.97 Å². The van der Waals surface area contributed by atoms with Crippen LogP contribution in [0, 0.1) is 5.92 Å². The molecule has 2 nitrogen and oxygen atoms in total. The summed E-state index contributed by atoms with van der Waals surface area (Å²) in [4.78, 5) is 12.1. The Morgan fingerprint density at radius 1 is 1.00 bits per heavy atom. The largest absolute Gasteiger partial charge is 0.458 e. The summed E-state index contributed by atoms with van der Waals surface area (Å²) in [5, 5.41) is 4.79. The Labute approximate surface area is 150 Å². The monoisotopic (exact) mass is 384 g/mol. The molecule has 24 heavy (non-hydrogen) atoms. The molecule has 3 heteroatoms. The molecule has 0 aromatic heterocycles. The van der Waals surface area contributed by atoms with Crippen molar-refractivity contribution in [3.8, 4) is 0 Å². The summed E-state index contributed by atoms with van der Waals surface area (Å²) in [5.41, 5.74) is 0.995. The van der Waals surface area contributed by atoms with Crippen LogP contribution in [0.3, 0.4) is 0 Å². The third-order valence-electron chi connectivity index (χ3n) is 4.64. The molecule has 3 aromatic carbocycles. The van der Waals surface area contributed by atoms with E-state index in [9.17, 15) is 4.79 Å². The predicted octanol–water partition coefficient (Wildman–Crippen LogP) is 6.41. The van der Waals surface area contributed by atoms with Gasteiger partial charge in [-0.05, 0) is 50.8 Å². The average molecular weight is 385 g/mol. The fraction of sp³-hybridized carbons (Fsp3) is 0.286. The Morgan fingerprint density at radius 3 is 2.46 bits per heavy atom. The quantitative estimate of drug-likeness (QED) is 0.383. The number of halogens is 1. The van der Waals surface area contributed by atoms with Gasteiger partial charge in [-0.15, -0.1) is 0 Å². The molecule has 0 spiro atoms. The van der Waals surface area contributed by atoms with E-state index in [0.717, 1.165) is 21.8 Å². The van der Waals surface area contributed by atoms with Gasteiger partial charge in [-0.1, -0.05) is 62.4 Å². The molecule has 2 atom stereocenters. The molecule has 0 saturated carbocycles. The molecular weight excluding hydrogens is 364 g/mol. The van der Waals surface area contributed by atoms with Gasteiger partial charge in [-0.3, -0.25) is 4.79 Å². The molecule has 0 fully saturated rings. The van der Waals surface area contributed by atoms with E-state index >= 15 is 0 Å². The van der Waals surface area contributed by atoms with Gasteiger partial charge in [-0.25, -0.2) is 0 Å². The van der Waals surface area contributed by atoms with Crippen molar-refractivity contribution < 1.29 is 9.53 Å². The zero-order valence-corrected chi connectivity index (χ0v) is 15.8. The van der Waals surface area contributed by atoms with E-state index in [2.05, 4.69) is 52.3 Å². The molecule has 0 saturated heterocycles. The zero-order chi connectivity index (χ0) is 17.3. The lowest BCUT2D eigenvalue weighted by Crippen LogP contribution is -2.16. The van der Waals surface area contributed by atoms with Crippen molar-refractivity contribution in [1.82, 2.24) is 0 Å². The number of carbonyl (C=O) groups excluding carboxylic acids is 1. The van der Waals surface area contributed by atoms with Gasteiger partial charge < -0.3 is 4.74 Å². The van der Waals surface area contributed by atoms with E-state index in [0.29, 0.717) is 0 Å². The van der Waals surface area contributed by atoms with Gasteiger partial charge >= 0.3 is 5.97 Å². The van der Waals surface area contributed by atoms with E-state index in [4.69, 9.17) is 4.74 Å². The number of rotatable bonds is 4. The van der Waals surface area contributed by atoms with Gasteiger partial charge in [0.25, 0.3) is 0 Å². The second-order valence-corrected chi connectivity index (χ2v) is 7.03. The van der Waals surface area contributed by atoms with E-state index in [-0.39, 0.29) is 18.0 Å². The first-order chi connectivity index (χ1) is 11.5. The standard InChI is InChI=1S/C21H21BrO2/c1-4-13(2)21(23)24-14(3)16-11-12-18-17-8-6-5-7-15(17)9-10-19(18)20(16)22/h5-14H,4H2,1-3H3. The first-order valence-electron chi connectivity index (χ1n) is 8.33. The molecule has 0 amide bonds. The molecule has 3 rings (SSSR count). The molecule has 0 aliphatic carbocycles. The summed E-state index contributed by atoms with van der Waals surface area (Å²) < 4.78 is 6.63. The highest BCUT2D eigenvalue weighted by atomic mass is 79.9. The molecule has 124 valence electrons. The van der Waals surface area contributed by atoms with Crippen LogP contribution in [-0.2, 0) is 9.53 Å². The van der Waals surface area contributed by atoms with Crippen molar-refractivity contribution in [2.45, 2.75) is 33.3 Å². The minimum absolute atomic E-state index is 0.0735. The molecule has 3 aromatic rings. The van der Waals surface area contributed by atoms with E-state index in [1.807, 2.05) is 32.9 Å². The smallest absolute Gasteiger partial charge is 0.309 e. The maximum Gasteiger partial charge on any atom is 0.309 e. The first-order valence-corrected chi connectivity index (χ1v) is 9.12. The Morgan fingerprint density at radius 2 is 1.71 bits per heavy atom. The van der Waals surface area contributed by atoms with Crippen molar-refractivity contribution in [1.29, 1.82) is 0 Å². The van der Waals surface area contributed by atoms with Gasteiger partial charge in [0.15, 0.2) is 0 Å². The molecule has 0 heterocycles. The van der Waals surface area contributed by atoms with Crippen LogP contribution in [0.15, 0.2) is 53.0 Å². The summed E-state index contributed by atoms with van der Waals surface area (Å²) in [6, 6.07) is 16.8. The lowest BCUT2D eigenvalue weighted by atomic mass is 9.98. The minimum Gasteiger partial charge on any atom is -0.458 e. The minimum atomic E-state index is -0.281. The van der Waals surface area contributed by atoms with E-state index in [1.54, 1.807) is 0 Å². The van der Waals surface area contributed by atoms with Gasteiger partial charge in [0.1, 0.15) is 6.10 Å². The maximum atomic E-state index is 12.1. The Kier molecular flexibility index (Phi) is 4.91. The summed E-state index contributed by atoms with van der Waals surface area (Å²) in [6.07, 6.45) is 0.507. The Bertz CT molecular complexity index is 901. The molecule has 0 bridgehead atoms. The van der Waals surface area contributed by atoms with Crippen LogP contribution in [0.1, 0.15) is 38.9 Å². The fourth-order valence-corrected chi connectivity index (χ4v) is 3.70. The topological polar surface area (TPSA) is 26.3 Å². The lowest BCUT2D eigenvalue weighted by molar-refractivity contribution is -0.153. The number of fused-ring (bicyclic) bond motifs is 3. The average Bonchev–Trinajstić information content (AvgIpc) is 2.60. The van der Waals surface area contributed by atoms with Gasteiger partial charge in [0.05, 0.1) is 5.92 Å². The Hall–Kier alpha value is -1.87. The van der Waals surface area contributed by atoms with E-state index < -0.39 is 0 Å². The van der Waals surface area contributed by atoms with E-state index in [1.165, 1.54) is 16.2 Å². The third-order valence-corrected chi connectivity index (χ3v) is 5.52. The summed E-state index contributed by atoms with van der Waals surface area (Å²) in [5.74, 6) is -0.217. The highest BCUT2D eigenvalue weighted by Crippen LogP contribution is 2.36. The van der Waals surface area contributed by atoms with Crippen molar-refractivity contribution in [2.75, 3.05) is 0 Å². The summed E-state index contributed by atoms with van der Waals surface area (Å²) >= 11 is 3.72. The lowest BCUT2D eigenvalue weighted by Gasteiger charge is -2.19. The van der Waals surface area contributed by atoms with Crippen LogP contribution < -0.4 is 0 Å².